The van der Waals surface area contributed by atoms with Crippen LogP contribution in [0.15, 0.2) is 40.1 Å². The van der Waals surface area contributed by atoms with Crippen LogP contribution >= 0.6 is 11.6 Å². The molecule has 0 aliphatic carbocycles. The van der Waals surface area contributed by atoms with E-state index in [-0.39, 0.29) is 11.0 Å². The van der Waals surface area contributed by atoms with Gasteiger partial charge < -0.3 is 5.32 Å². The highest BCUT2D eigenvalue weighted by Crippen LogP contribution is 2.25. The van der Waals surface area contributed by atoms with Crippen molar-refractivity contribution in [3.63, 3.8) is 0 Å². The summed E-state index contributed by atoms with van der Waals surface area (Å²) in [5.74, 6) is -0.429. The number of pyridine rings is 1. The van der Waals surface area contributed by atoms with Gasteiger partial charge in [0.15, 0.2) is 5.65 Å². The molecule has 0 unspecified atom stereocenters. The van der Waals surface area contributed by atoms with Crippen molar-refractivity contribution < 1.29 is 4.79 Å². The first-order valence-corrected chi connectivity index (χ1v) is 8.88. The predicted molar refractivity (Wildman–Crippen MR) is 106 cm³/mol. The molecule has 0 saturated heterocycles. The number of halogens is 1. The largest absolute Gasteiger partial charge is 0.332 e. The summed E-state index contributed by atoms with van der Waals surface area (Å²) in [5.41, 5.74) is 0.620. The highest BCUT2D eigenvalue weighted by molar-refractivity contribution is 6.34. The minimum atomic E-state index is -0.506. The summed E-state index contributed by atoms with van der Waals surface area (Å²) in [6.45, 7) is 1.99. The molecule has 7 nitrogen and oxygen atoms in total. The molecule has 8 heteroatoms. The van der Waals surface area contributed by atoms with E-state index in [1.165, 1.54) is 18.7 Å². The summed E-state index contributed by atoms with van der Waals surface area (Å²) in [6, 6.07) is 6.67. The summed E-state index contributed by atoms with van der Waals surface area (Å²) in [5, 5.41) is 3.33. The molecular weight excluding hydrogens is 368 g/mol. The minimum absolute atomic E-state index is 0.200. The molecule has 0 aliphatic heterocycles. The van der Waals surface area contributed by atoms with Gasteiger partial charge in [-0.25, -0.2) is 9.78 Å². The number of anilines is 1. The molecule has 2 heterocycles. The predicted octanol–water partition coefficient (Wildman–Crippen LogP) is 2.49. The number of aromatic nitrogens is 3. The second-order valence-electron chi connectivity index (χ2n) is 6.25. The van der Waals surface area contributed by atoms with Gasteiger partial charge in [0, 0.05) is 20.3 Å². The van der Waals surface area contributed by atoms with Gasteiger partial charge in [0.2, 0.25) is 0 Å². The van der Waals surface area contributed by atoms with E-state index in [2.05, 4.69) is 10.3 Å². The van der Waals surface area contributed by atoms with Crippen LogP contribution in [0.25, 0.3) is 11.0 Å². The highest BCUT2D eigenvalue weighted by Gasteiger charge is 2.20. The quantitative estimate of drug-likeness (QED) is 0.746. The Hall–Kier alpha value is -2.93. The molecule has 1 amide bonds. The van der Waals surface area contributed by atoms with E-state index in [1.54, 1.807) is 30.5 Å². The lowest BCUT2D eigenvalue weighted by atomic mass is 10.1. The Morgan fingerprint density at radius 3 is 2.56 bits per heavy atom. The third-order valence-electron chi connectivity index (χ3n) is 4.42. The van der Waals surface area contributed by atoms with Crippen LogP contribution in [0.2, 0.25) is 5.02 Å². The van der Waals surface area contributed by atoms with Crippen molar-refractivity contribution in [2.75, 3.05) is 5.32 Å². The van der Waals surface area contributed by atoms with Crippen LogP contribution in [0.1, 0.15) is 29.3 Å². The van der Waals surface area contributed by atoms with Crippen molar-refractivity contribution in [1.29, 1.82) is 0 Å². The fourth-order valence-corrected chi connectivity index (χ4v) is 3.22. The summed E-state index contributed by atoms with van der Waals surface area (Å²) >= 11 is 6.12. The second-order valence-corrected chi connectivity index (χ2v) is 6.65. The number of aryl methyl sites for hydroxylation is 2. The fraction of sp³-hybridized carbons (Fsp3) is 0.263. The Morgan fingerprint density at radius 1 is 1.19 bits per heavy atom. The number of nitrogens with zero attached hydrogens (tertiary/aromatic N) is 3. The molecule has 0 saturated carbocycles. The molecule has 0 atom stereocenters. The number of rotatable bonds is 4. The molecule has 3 rings (SSSR count). The first kappa shape index (κ1) is 18.8. The molecule has 1 N–H and O–H groups in total. The van der Waals surface area contributed by atoms with Crippen LogP contribution in [0.5, 0.6) is 0 Å². The molecule has 1 aromatic carbocycles. The lowest BCUT2D eigenvalue weighted by molar-refractivity contribution is 0.102. The van der Waals surface area contributed by atoms with Crippen molar-refractivity contribution in [2.24, 2.45) is 14.1 Å². The Morgan fingerprint density at radius 2 is 1.89 bits per heavy atom. The Bertz CT molecular complexity index is 1160. The van der Waals surface area contributed by atoms with E-state index in [0.29, 0.717) is 22.7 Å². The fourth-order valence-electron chi connectivity index (χ4n) is 3.00. The van der Waals surface area contributed by atoms with Crippen LogP contribution in [-0.4, -0.2) is 20.0 Å². The second kappa shape index (κ2) is 7.36. The van der Waals surface area contributed by atoms with E-state index in [1.807, 2.05) is 6.92 Å². The van der Waals surface area contributed by atoms with Gasteiger partial charge in [0.05, 0.1) is 16.3 Å². The third-order valence-corrected chi connectivity index (χ3v) is 4.75. The van der Waals surface area contributed by atoms with E-state index in [9.17, 15) is 14.4 Å². The van der Waals surface area contributed by atoms with Gasteiger partial charge >= 0.3 is 5.69 Å². The molecule has 2 aromatic heterocycles. The SMILES string of the molecule is CCCc1cnc2c(c1NC(=O)c1ccccc1Cl)c(=O)n(C)c(=O)n2C. The zero-order valence-corrected chi connectivity index (χ0v) is 16.0. The van der Waals surface area contributed by atoms with Crippen LogP contribution in [0.3, 0.4) is 0 Å². The monoisotopic (exact) mass is 386 g/mol. The lowest BCUT2D eigenvalue weighted by Crippen LogP contribution is -2.38. The topological polar surface area (TPSA) is 86.0 Å². The maximum Gasteiger partial charge on any atom is 0.332 e. The van der Waals surface area contributed by atoms with Gasteiger partial charge in [-0.3, -0.25) is 18.7 Å². The number of amides is 1. The standard InChI is InChI=1S/C19H19ClN4O3/c1-4-7-11-10-21-16-14(18(26)24(3)19(27)23(16)2)15(11)22-17(25)12-8-5-6-9-13(12)20/h5-6,8-10H,4,7H2,1-3H3,(H,21,22,25). The maximum absolute atomic E-state index is 12.8. The molecule has 0 aliphatic rings. The van der Waals surface area contributed by atoms with Gasteiger partial charge in [0.1, 0.15) is 5.39 Å². The Labute approximate surface area is 160 Å². The van der Waals surface area contributed by atoms with Crippen molar-refractivity contribution in [2.45, 2.75) is 19.8 Å². The summed E-state index contributed by atoms with van der Waals surface area (Å²) in [6.07, 6.45) is 3.01. The van der Waals surface area contributed by atoms with Gasteiger partial charge in [-0.15, -0.1) is 0 Å². The zero-order valence-electron chi connectivity index (χ0n) is 15.2. The number of nitrogens with one attached hydrogen (secondary N) is 1. The summed E-state index contributed by atoms with van der Waals surface area (Å²) in [7, 11) is 2.94. The Kier molecular flexibility index (Phi) is 5.14. The molecule has 0 fully saturated rings. The molecular formula is C19H19ClN4O3. The van der Waals surface area contributed by atoms with Crippen LogP contribution in [0.4, 0.5) is 5.69 Å². The smallest absolute Gasteiger partial charge is 0.321 e. The number of benzene rings is 1. The van der Waals surface area contributed by atoms with Crippen molar-refractivity contribution in [3.05, 3.63) is 67.4 Å². The van der Waals surface area contributed by atoms with Crippen molar-refractivity contribution in [3.8, 4) is 0 Å². The number of hydrogen-bond donors (Lipinski definition) is 1. The highest BCUT2D eigenvalue weighted by atomic mass is 35.5. The van der Waals surface area contributed by atoms with Gasteiger partial charge in [-0.1, -0.05) is 37.1 Å². The van der Waals surface area contributed by atoms with E-state index >= 15 is 0 Å². The van der Waals surface area contributed by atoms with Crippen LogP contribution in [0, 0.1) is 0 Å². The number of carbonyl (C=O) groups is 1. The average molecular weight is 387 g/mol. The van der Waals surface area contributed by atoms with E-state index in [0.717, 1.165) is 16.6 Å². The van der Waals surface area contributed by atoms with Crippen LogP contribution < -0.4 is 16.6 Å². The summed E-state index contributed by atoms with van der Waals surface area (Å²) < 4.78 is 2.29. The first-order chi connectivity index (χ1) is 12.9. The first-order valence-electron chi connectivity index (χ1n) is 8.50. The van der Waals surface area contributed by atoms with Gasteiger partial charge in [0.25, 0.3) is 11.5 Å². The molecule has 0 bridgehead atoms. The van der Waals surface area contributed by atoms with Crippen molar-refractivity contribution in [1.82, 2.24) is 14.1 Å². The van der Waals surface area contributed by atoms with Crippen molar-refractivity contribution >= 4 is 34.2 Å². The Balaban J connectivity index is 2.28. The average Bonchev–Trinajstić information content (AvgIpc) is 2.66. The number of hydrogen-bond acceptors (Lipinski definition) is 4. The number of fused-ring (bicyclic) bond motifs is 1. The molecule has 0 radical (unpaired) electrons. The molecule has 140 valence electrons. The minimum Gasteiger partial charge on any atom is -0.321 e. The number of carbonyl (C=O) groups excluding carboxylic acids is 1. The maximum atomic E-state index is 12.8. The summed E-state index contributed by atoms with van der Waals surface area (Å²) in [4.78, 5) is 42.1. The lowest BCUT2D eigenvalue weighted by Gasteiger charge is -2.15. The van der Waals surface area contributed by atoms with Gasteiger partial charge in [-0.2, -0.15) is 0 Å². The molecule has 0 spiro atoms. The van der Waals surface area contributed by atoms with E-state index in [4.69, 9.17) is 11.6 Å². The normalized spacial score (nSPS) is 11.0. The van der Waals surface area contributed by atoms with Crippen LogP contribution in [-0.2, 0) is 20.5 Å². The van der Waals surface area contributed by atoms with Gasteiger partial charge in [-0.05, 0) is 24.1 Å². The molecule has 27 heavy (non-hydrogen) atoms. The zero-order chi connectivity index (χ0) is 19.7. The third kappa shape index (κ3) is 3.26. The van der Waals surface area contributed by atoms with E-state index < -0.39 is 17.2 Å². The molecule has 3 aromatic rings.